The maximum Gasteiger partial charge on any atom is 0.330 e. The lowest BCUT2D eigenvalue weighted by Gasteiger charge is -2.34. The zero-order chi connectivity index (χ0) is 11.8. The van der Waals surface area contributed by atoms with E-state index in [0.29, 0.717) is 16.8 Å². The van der Waals surface area contributed by atoms with Crippen LogP contribution in [-0.4, -0.2) is 20.7 Å². The number of rotatable bonds is 2. The van der Waals surface area contributed by atoms with Crippen LogP contribution < -0.4 is 0 Å². The Morgan fingerprint density at radius 3 is 2.50 bits per heavy atom. The summed E-state index contributed by atoms with van der Waals surface area (Å²) in [5.74, 6) is -0.920. The molecule has 1 aromatic rings. The maximum absolute atomic E-state index is 11.5. The Kier molecular flexibility index (Phi) is 3.03. The number of carboxylic acids is 1. The molecule has 1 saturated carbocycles. The second-order valence-corrected chi connectivity index (χ2v) is 5.60. The van der Waals surface area contributed by atoms with Crippen LogP contribution in [0.5, 0.6) is 5.88 Å². The Bertz CT molecular complexity index is 457. The van der Waals surface area contributed by atoms with Gasteiger partial charge in [0.25, 0.3) is 0 Å². The molecule has 1 heterocycles. The van der Waals surface area contributed by atoms with E-state index in [1.165, 1.54) is 21.3 Å². The van der Waals surface area contributed by atoms with Crippen molar-refractivity contribution in [2.75, 3.05) is 0 Å². The molecular formula is C10H13NO3S2. The molecular weight excluding hydrogens is 246 g/mol. The Labute approximate surface area is 102 Å². The zero-order valence-corrected chi connectivity index (χ0v) is 10.3. The minimum Gasteiger partial charge on any atom is -0.494 e. The van der Waals surface area contributed by atoms with E-state index >= 15 is 0 Å². The van der Waals surface area contributed by atoms with Crippen LogP contribution in [0.1, 0.15) is 32.1 Å². The molecule has 88 valence electrons. The van der Waals surface area contributed by atoms with Crippen molar-refractivity contribution in [1.29, 1.82) is 0 Å². The SMILES string of the molecule is O=C(O)C1(n2c(O)csc2=S)CCCCC1. The van der Waals surface area contributed by atoms with Crippen LogP contribution >= 0.6 is 23.6 Å². The fourth-order valence-electron chi connectivity index (χ4n) is 2.37. The lowest BCUT2D eigenvalue weighted by molar-refractivity contribution is -0.149. The Balaban J connectivity index is 2.55. The summed E-state index contributed by atoms with van der Waals surface area (Å²) in [6.45, 7) is 0. The standard InChI is InChI=1S/C10H13NO3S2/c12-7-6-16-9(15)11(7)10(8(13)14)4-2-1-3-5-10/h6,12H,1-5H2,(H,13,14). The third-order valence-electron chi connectivity index (χ3n) is 3.18. The van der Waals surface area contributed by atoms with Crippen molar-refractivity contribution < 1.29 is 15.0 Å². The molecule has 1 fully saturated rings. The number of hydrogen-bond donors (Lipinski definition) is 2. The molecule has 16 heavy (non-hydrogen) atoms. The molecule has 0 aromatic carbocycles. The molecule has 1 aliphatic carbocycles. The summed E-state index contributed by atoms with van der Waals surface area (Å²) >= 11 is 6.31. The first-order valence-corrected chi connectivity index (χ1v) is 6.50. The average Bonchev–Trinajstić information content (AvgIpc) is 2.60. The normalized spacial score (nSPS) is 19.5. The molecule has 0 atom stereocenters. The molecule has 0 unspecified atom stereocenters. The van der Waals surface area contributed by atoms with Gasteiger partial charge in [-0.15, -0.1) is 11.3 Å². The topological polar surface area (TPSA) is 62.5 Å². The molecule has 2 N–H and O–H groups in total. The van der Waals surface area contributed by atoms with Gasteiger partial charge in [-0.1, -0.05) is 19.3 Å². The van der Waals surface area contributed by atoms with Crippen LogP contribution in [0.15, 0.2) is 5.38 Å². The number of aromatic nitrogens is 1. The summed E-state index contributed by atoms with van der Waals surface area (Å²) in [6, 6.07) is 0. The fraction of sp³-hybridized carbons (Fsp3) is 0.600. The van der Waals surface area contributed by atoms with E-state index in [4.69, 9.17) is 12.2 Å². The van der Waals surface area contributed by atoms with Crippen molar-refractivity contribution in [3.05, 3.63) is 9.33 Å². The average molecular weight is 259 g/mol. The molecule has 4 nitrogen and oxygen atoms in total. The number of carboxylic acid groups (broad SMARTS) is 1. The van der Waals surface area contributed by atoms with Crippen LogP contribution in [-0.2, 0) is 10.3 Å². The summed E-state index contributed by atoms with van der Waals surface area (Å²) < 4.78 is 1.84. The van der Waals surface area contributed by atoms with E-state index in [1.807, 2.05) is 0 Å². The van der Waals surface area contributed by atoms with Gasteiger partial charge in [0.2, 0.25) is 5.88 Å². The summed E-state index contributed by atoms with van der Waals surface area (Å²) in [4.78, 5) is 11.5. The molecule has 0 spiro atoms. The quantitative estimate of drug-likeness (QED) is 0.802. The van der Waals surface area contributed by atoms with Crippen molar-refractivity contribution in [2.24, 2.45) is 0 Å². The van der Waals surface area contributed by atoms with Crippen LogP contribution in [0.25, 0.3) is 0 Å². The first-order valence-electron chi connectivity index (χ1n) is 5.21. The van der Waals surface area contributed by atoms with Crippen molar-refractivity contribution in [2.45, 2.75) is 37.6 Å². The van der Waals surface area contributed by atoms with E-state index in [1.54, 1.807) is 0 Å². The van der Waals surface area contributed by atoms with Gasteiger partial charge < -0.3 is 10.2 Å². The highest BCUT2D eigenvalue weighted by Crippen LogP contribution is 2.39. The summed E-state index contributed by atoms with van der Waals surface area (Å²) in [7, 11) is 0. The Morgan fingerprint density at radius 2 is 2.06 bits per heavy atom. The molecule has 0 radical (unpaired) electrons. The van der Waals surface area contributed by atoms with E-state index in [9.17, 15) is 15.0 Å². The number of carbonyl (C=O) groups is 1. The third-order valence-corrected chi connectivity index (χ3v) is 4.37. The number of hydrogen-bond acceptors (Lipinski definition) is 4. The van der Waals surface area contributed by atoms with Gasteiger partial charge in [0.15, 0.2) is 3.95 Å². The Morgan fingerprint density at radius 1 is 1.44 bits per heavy atom. The lowest BCUT2D eigenvalue weighted by Crippen LogP contribution is -2.43. The van der Waals surface area contributed by atoms with Crippen molar-refractivity contribution >= 4 is 29.5 Å². The van der Waals surface area contributed by atoms with Gasteiger partial charge in [0, 0.05) is 0 Å². The number of aromatic hydroxyl groups is 1. The highest BCUT2D eigenvalue weighted by molar-refractivity contribution is 7.73. The summed E-state index contributed by atoms with van der Waals surface area (Å²) in [5, 5.41) is 20.7. The highest BCUT2D eigenvalue weighted by Gasteiger charge is 2.43. The molecule has 1 aromatic heterocycles. The first-order chi connectivity index (χ1) is 7.58. The zero-order valence-electron chi connectivity index (χ0n) is 8.68. The van der Waals surface area contributed by atoms with Crippen LogP contribution in [0.3, 0.4) is 0 Å². The van der Waals surface area contributed by atoms with Gasteiger partial charge in [0.1, 0.15) is 5.54 Å². The second kappa shape index (κ2) is 4.18. The van der Waals surface area contributed by atoms with E-state index < -0.39 is 11.5 Å². The van der Waals surface area contributed by atoms with Crippen LogP contribution in [0.4, 0.5) is 0 Å². The minimum absolute atomic E-state index is 0.0284. The molecule has 0 amide bonds. The van der Waals surface area contributed by atoms with Crippen molar-refractivity contribution in [3.8, 4) is 5.88 Å². The van der Waals surface area contributed by atoms with Gasteiger partial charge in [-0.25, -0.2) is 4.79 Å². The molecule has 0 bridgehead atoms. The summed E-state index contributed by atoms with van der Waals surface area (Å²) in [5.41, 5.74) is -1.03. The predicted molar refractivity (Wildman–Crippen MR) is 63.5 cm³/mol. The number of thiazole rings is 1. The largest absolute Gasteiger partial charge is 0.494 e. The lowest BCUT2D eigenvalue weighted by atomic mass is 9.81. The third kappa shape index (κ3) is 1.66. The number of aliphatic carboxylic acids is 1. The van der Waals surface area contributed by atoms with E-state index in [2.05, 4.69) is 0 Å². The smallest absolute Gasteiger partial charge is 0.330 e. The molecule has 0 aliphatic heterocycles. The van der Waals surface area contributed by atoms with Crippen LogP contribution in [0, 0.1) is 3.95 Å². The van der Waals surface area contributed by atoms with Crippen molar-refractivity contribution in [3.63, 3.8) is 0 Å². The van der Waals surface area contributed by atoms with Gasteiger partial charge >= 0.3 is 5.97 Å². The van der Waals surface area contributed by atoms with Gasteiger partial charge in [-0.05, 0) is 25.1 Å². The van der Waals surface area contributed by atoms with E-state index in [-0.39, 0.29) is 5.88 Å². The first kappa shape index (κ1) is 11.6. The van der Waals surface area contributed by atoms with Crippen molar-refractivity contribution in [1.82, 2.24) is 4.57 Å². The summed E-state index contributed by atoms with van der Waals surface area (Å²) in [6.07, 6.45) is 3.86. The molecule has 1 aliphatic rings. The van der Waals surface area contributed by atoms with Gasteiger partial charge in [-0.2, -0.15) is 0 Å². The molecule has 0 saturated heterocycles. The monoisotopic (exact) mass is 259 g/mol. The minimum atomic E-state index is -1.03. The number of nitrogens with zero attached hydrogens (tertiary/aromatic N) is 1. The van der Waals surface area contributed by atoms with Crippen LogP contribution in [0.2, 0.25) is 0 Å². The molecule has 6 heteroatoms. The maximum atomic E-state index is 11.5. The Hall–Kier alpha value is -0.880. The highest BCUT2D eigenvalue weighted by atomic mass is 32.1. The predicted octanol–water partition coefficient (Wildman–Crippen LogP) is 2.73. The van der Waals surface area contributed by atoms with Gasteiger partial charge in [0.05, 0.1) is 5.38 Å². The fourth-order valence-corrected chi connectivity index (χ4v) is 3.46. The van der Waals surface area contributed by atoms with E-state index in [0.717, 1.165) is 19.3 Å². The molecule has 2 rings (SSSR count). The second-order valence-electron chi connectivity index (χ2n) is 4.09. The van der Waals surface area contributed by atoms with Gasteiger partial charge in [-0.3, -0.25) is 4.57 Å².